The highest BCUT2D eigenvalue weighted by Crippen LogP contribution is 2.14. The summed E-state index contributed by atoms with van der Waals surface area (Å²) in [7, 11) is -3.31. The predicted molar refractivity (Wildman–Crippen MR) is 92.2 cm³/mol. The number of hydrogen-bond acceptors (Lipinski definition) is 4. The van der Waals surface area contributed by atoms with E-state index in [2.05, 4.69) is 9.71 Å². The molecule has 3 rings (SSSR count). The van der Waals surface area contributed by atoms with Crippen LogP contribution in [0.1, 0.15) is 10.4 Å². The monoisotopic (exact) mass is 347 g/mol. The van der Waals surface area contributed by atoms with E-state index in [1.54, 1.807) is 23.9 Å². The maximum absolute atomic E-state index is 12.2. The van der Waals surface area contributed by atoms with E-state index in [-0.39, 0.29) is 12.3 Å². The van der Waals surface area contributed by atoms with Gasteiger partial charge in [0.15, 0.2) is 0 Å². The van der Waals surface area contributed by atoms with Crippen LogP contribution in [0.2, 0.25) is 0 Å². The number of nitrogens with one attached hydrogen (secondary N) is 1. The highest BCUT2D eigenvalue weighted by molar-refractivity contribution is 7.89. The van der Waals surface area contributed by atoms with Gasteiger partial charge in [0.2, 0.25) is 10.0 Å². The summed E-state index contributed by atoms with van der Waals surface area (Å²) in [5.41, 5.74) is 1.83. The fraction of sp³-hybridized carbons (Fsp3) is 0.188. The van der Waals surface area contributed by atoms with Crippen LogP contribution in [0.4, 0.5) is 0 Å². The Morgan fingerprint density at radius 1 is 1.17 bits per heavy atom. The van der Waals surface area contributed by atoms with Gasteiger partial charge in [0.1, 0.15) is 0 Å². The maximum Gasteiger partial charge on any atom is 0.212 e. The molecule has 0 aliphatic carbocycles. The molecule has 0 aliphatic heterocycles. The third-order valence-corrected chi connectivity index (χ3v) is 5.72. The van der Waals surface area contributed by atoms with Gasteiger partial charge < -0.3 is 4.57 Å². The molecule has 0 radical (unpaired) electrons. The Morgan fingerprint density at radius 2 is 2.04 bits per heavy atom. The first-order chi connectivity index (χ1) is 11.1. The number of nitrogens with zero attached hydrogens (tertiary/aromatic N) is 2. The van der Waals surface area contributed by atoms with Crippen molar-refractivity contribution >= 4 is 21.4 Å². The lowest BCUT2D eigenvalue weighted by Gasteiger charge is -2.11. The molecule has 7 heteroatoms. The standard InChI is InChI=1S/C16H17N3O2S2/c20-23(21,11-7-15-5-3-10-22-15)18-12-14-4-1-2-6-16(14)19-9-8-17-13-19/h1-6,8-10,13,18H,7,11-12H2. The fourth-order valence-electron chi connectivity index (χ4n) is 2.26. The summed E-state index contributed by atoms with van der Waals surface area (Å²) in [6, 6.07) is 11.6. The van der Waals surface area contributed by atoms with Gasteiger partial charge in [0, 0.05) is 23.8 Å². The number of sulfonamides is 1. The zero-order valence-electron chi connectivity index (χ0n) is 12.4. The molecule has 0 amide bonds. The first kappa shape index (κ1) is 15.9. The number of aromatic nitrogens is 2. The molecule has 1 N–H and O–H groups in total. The van der Waals surface area contributed by atoms with Crippen LogP contribution in [0.25, 0.3) is 5.69 Å². The Morgan fingerprint density at radius 3 is 2.78 bits per heavy atom. The second-order valence-corrected chi connectivity index (χ2v) is 8.03. The van der Waals surface area contributed by atoms with Crippen molar-refractivity contribution in [1.29, 1.82) is 0 Å². The van der Waals surface area contributed by atoms with Crippen LogP contribution in [0, 0.1) is 0 Å². The summed E-state index contributed by atoms with van der Waals surface area (Å²) >= 11 is 1.58. The number of imidazole rings is 1. The van der Waals surface area contributed by atoms with Crippen molar-refractivity contribution in [2.75, 3.05) is 5.75 Å². The molecule has 1 aromatic carbocycles. The van der Waals surface area contributed by atoms with Crippen molar-refractivity contribution in [3.63, 3.8) is 0 Å². The lowest BCUT2D eigenvalue weighted by atomic mass is 10.2. The minimum absolute atomic E-state index is 0.0980. The van der Waals surface area contributed by atoms with Gasteiger partial charge in [-0.1, -0.05) is 24.3 Å². The molecule has 0 fully saturated rings. The molecule has 0 spiro atoms. The second kappa shape index (κ2) is 7.08. The van der Waals surface area contributed by atoms with Gasteiger partial charge in [-0.05, 0) is 29.5 Å². The minimum atomic E-state index is -3.31. The lowest BCUT2D eigenvalue weighted by molar-refractivity contribution is 0.580. The Hall–Kier alpha value is -1.96. The summed E-state index contributed by atoms with van der Waals surface area (Å²) in [6.45, 7) is 0.265. The lowest BCUT2D eigenvalue weighted by Crippen LogP contribution is -2.27. The number of para-hydroxylation sites is 1. The average Bonchev–Trinajstić information content (AvgIpc) is 3.25. The highest BCUT2D eigenvalue weighted by Gasteiger charge is 2.12. The van der Waals surface area contributed by atoms with E-state index in [0.717, 1.165) is 16.1 Å². The molecule has 0 atom stereocenters. The van der Waals surface area contributed by atoms with Crippen LogP contribution in [0.3, 0.4) is 0 Å². The van der Waals surface area contributed by atoms with Crippen LogP contribution in [-0.4, -0.2) is 23.7 Å². The number of aryl methyl sites for hydroxylation is 1. The largest absolute Gasteiger partial charge is 0.306 e. The zero-order valence-corrected chi connectivity index (χ0v) is 14.1. The molecule has 0 unspecified atom stereocenters. The third kappa shape index (κ3) is 4.28. The van der Waals surface area contributed by atoms with Crippen molar-refractivity contribution < 1.29 is 8.42 Å². The van der Waals surface area contributed by atoms with Crippen LogP contribution >= 0.6 is 11.3 Å². The summed E-state index contributed by atoms with van der Waals surface area (Å²) in [5.74, 6) is 0.0980. The Balaban J connectivity index is 1.66. The third-order valence-electron chi connectivity index (χ3n) is 3.45. The number of rotatable bonds is 7. The van der Waals surface area contributed by atoms with Gasteiger partial charge in [-0.15, -0.1) is 11.3 Å². The van der Waals surface area contributed by atoms with Gasteiger partial charge in [-0.3, -0.25) is 0 Å². The number of benzene rings is 1. The molecule has 0 saturated heterocycles. The average molecular weight is 347 g/mol. The summed E-state index contributed by atoms with van der Waals surface area (Å²) in [5, 5.41) is 1.96. The Bertz CT molecular complexity index is 841. The molecule has 0 aliphatic rings. The second-order valence-electron chi connectivity index (χ2n) is 5.07. The van der Waals surface area contributed by atoms with Crippen molar-refractivity contribution in [3.8, 4) is 5.69 Å². The zero-order chi connectivity index (χ0) is 16.1. The van der Waals surface area contributed by atoms with Crippen molar-refractivity contribution in [2.24, 2.45) is 0 Å². The van der Waals surface area contributed by atoms with Crippen molar-refractivity contribution in [1.82, 2.24) is 14.3 Å². The van der Waals surface area contributed by atoms with Gasteiger partial charge >= 0.3 is 0 Å². The molecular formula is C16H17N3O2S2. The van der Waals surface area contributed by atoms with E-state index in [0.29, 0.717) is 6.42 Å². The summed E-state index contributed by atoms with van der Waals surface area (Å²) < 4.78 is 28.9. The molecule has 0 bridgehead atoms. The van der Waals surface area contributed by atoms with E-state index < -0.39 is 10.0 Å². The normalized spacial score (nSPS) is 11.7. The van der Waals surface area contributed by atoms with Crippen LogP contribution in [0.5, 0.6) is 0 Å². The molecule has 2 aromatic heterocycles. The summed E-state index contributed by atoms with van der Waals surface area (Å²) in [6.07, 6.45) is 5.77. The maximum atomic E-state index is 12.2. The predicted octanol–water partition coefficient (Wildman–Crippen LogP) is 2.60. The van der Waals surface area contributed by atoms with Gasteiger partial charge in [0.05, 0.1) is 17.8 Å². The van der Waals surface area contributed by atoms with Gasteiger partial charge in [0.25, 0.3) is 0 Å². The highest BCUT2D eigenvalue weighted by atomic mass is 32.2. The molecule has 23 heavy (non-hydrogen) atoms. The SMILES string of the molecule is O=S(=O)(CCc1cccs1)NCc1ccccc1-n1ccnc1. The van der Waals surface area contributed by atoms with Crippen LogP contribution in [0.15, 0.2) is 60.5 Å². The molecule has 3 aromatic rings. The summed E-state index contributed by atoms with van der Waals surface area (Å²) in [4.78, 5) is 5.11. The first-order valence-corrected chi connectivity index (χ1v) is 9.73. The number of hydrogen-bond donors (Lipinski definition) is 1. The van der Waals surface area contributed by atoms with Crippen LogP contribution < -0.4 is 4.72 Å². The quantitative estimate of drug-likeness (QED) is 0.714. The van der Waals surface area contributed by atoms with E-state index in [1.165, 1.54) is 0 Å². The molecule has 5 nitrogen and oxygen atoms in total. The molecule has 0 saturated carbocycles. The van der Waals surface area contributed by atoms with E-state index >= 15 is 0 Å². The smallest absolute Gasteiger partial charge is 0.212 e. The van der Waals surface area contributed by atoms with Gasteiger partial charge in [-0.25, -0.2) is 18.1 Å². The minimum Gasteiger partial charge on any atom is -0.306 e. The molecule has 120 valence electrons. The van der Waals surface area contributed by atoms with Gasteiger partial charge in [-0.2, -0.15) is 0 Å². The fourth-order valence-corrected chi connectivity index (χ4v) is 4.11. The van der Waals surface area contributed by atoms with Crippen molar-refractivity contribution in [3.05, 3.63) is 70.9 Å². The van der Waals surface area contributed by atoms with E-state index in [4.69, 9.17) is 0 Å². The first-order valence-electron chi connectivity index (χ1n) is 7.20. The van der Waals surface area contributed by atoms with Crippen molar-refractivity contribution in [2.45, 2.75) is 13.0 Å². The molecular weight excluding hydrogens is 330 g/mol. The van der Waals surface area contributed by atoms with Crippen LogP contribution in [-0.2, 0) is 23.0 Å². The van der Waals surface area contributed by atoms with E-state index in [9.17, 15) is 8.42 Å². The Kier molecular flexibility index (Phi) is 4.90. The topological polar surface area (TPSA) is 64.0 Å². The number of thiophene rings is 1. The Labute approximate surface area is 139 Å². The molecule has 2 heterocycles. The van der Waals surface area contributed by atoms with E-state index in [1.807, 2.05) is 52.5 Å².